The highest BCUT2D eigenvalue weighted by molar-refractivity contribution is 7.98. The predicted molar refractivity (Wildman–Crippen MR) is 93.2 cm³/mol. The fraction of sp³-hybridized carbons (Fsp3) is 0.556. The quantitative estimate of drug-likeness (QED) is 0.479. The second kappa shape index (κ2) is 10.3. The van der Waals surface area contributed by atoms with Crippen molar-refractivity contribution in [3.63, 3.8) is 0 Å². The first-order valence-electron chi connectivity index (χ1n) is 8.06. The molecule has 0 aliphatic carbocycles. The lowest BCUT2D eigenvalue weighted by atomic mass is 9.85. The smallest absolute Gasteiger partial charge is 0.324 e. The maximum atomic E-state index is 12.5. The van der Waals surface area contributed by atoms with Crippen molar-refractivity contribution in [2.24, 2.45) is 5.41 Å². The third-order valence-electron chi connectivity index (χ3n) is 3.47. The number of hydrogen-bond donors (Lipinski definition) is 0. The Kier molecular flexibility index (Phi) is 8.77. The van der Waals surface area contributed by atoms with Gasteiger partial charge in [-0.25, -0.2) is 0 Å². The summed E-state index contributed by atoms with van der Waals surface area (Å²) in [5.41, 5.74) is -0.0455. The van der Waals surface area contributed by atoms with Crippen LogP contribution in [0.15, 0.2) is 30.3 Å². The standard InChI is InChI=1S/C18H26O4S/c1-4-12-18(16(19)21-5-2,17(20)22-6-3)14-23-13-15-10-8-7-9-11-15/h7-11H,4-6,12-14H2,1-3H3. The van der Waals surface area contributed by atoms with Gasteiger partial charge in [-0.2, -0.15) is 11.8 Å². The van der Waals surface area contributed by atoms with Gasteiger partial charge in [0.15, 0.2) is 5.41 Å². The molecule has 1 aromatic rings. The third kappa shape index (κ3) is 5.57. The molecular formula is C18H26O4S. The molecule has 0 fully saturated rings. The molecule has 4 nitrogen and oxygen atoms in total. The van der Waals surface area contributed by atoms with Crippen molar-refractivity contribution in [2.75, 3.05) is 19.0 Å². The highest BCUT2D eigenvalue weighted by atomic mass is 32.2. The number of benzene rings is 1. The molecule has 0 atom stereocenters. The van der Waals surface area contributed by atoms with Crippen LogP contribution < -0.4 is 0 Å². The van der Waals surface area contributed by atoms with E-state index in [1.807, 2.05) is 37.3 Å². The zero-order valence-corrected chi connectivity index (χ0v) is 15.0. The molecule has 0 amide bonds. The van der Waals surface area contributed by atoms with Gasteiger partial charge in [0.2, 0.25) is 0 Å². The third-order valence-corrected chi connectivity index (χ3v) is 4.70. The zero-order valence-electron chi connectivity index (χ0n) is 14.2. The minimum absolute atomic E-state index is 0.257. The Morgan fingerprint density at radius 3 is 2.04 bits per heavy atom. The van der Waals surface area contributed by atoms with Crippen molar-refractivity contribution in [1.29, 1.82) is 0 Å². The van der Waals surface area contributed by atoms with Gasteiger partial charge < -0.3 is 9.47 Å². The van der Waals surface area contributed by atoms with Gasteiger partial charge in [0, 0.05) is 11.5 Å². The molecule has 0 aromatic heterocycles. The van der Waals surface area contributed by atoms with Crippen LogP contribution in [0, 0.1) is 5.41 Å². The van der Waals surface area contributed by atoms with Gasteiger partial charge in [-0.15, -0.1) is 0 Å². The molecule has 0 bridgehead atoms. The second-order valence-corrected chi connectivity index (χ2v) is 6.24. The summed E-state index contributed by atoms with van der Waals surface area (Å²) in [5.74, 6) is 0.167. The van der Waals surface area contributed by atoms with Crippen LogP contribution in [0.4, 0.5) is 0 Å². The Morgan fingerprint density at radius 1 is 1.00 bits per heavy atom. The highest BCUT2D eigenvalue weighted by Gasteiger charge is 2.47. The van der Waals surface area contributed by atoms with Crippen LogP contribution >= 0.6 is 11.8 Å². The summed E-state index contributed by atoms with van der Waals surface area (Å²) >= 11 is 1.56. The van der Waals surface area contributed by atoms with Crippen molar-refractivity contribution in [1.82, 2.24) is 0 Å². The van der Waals surface area contributed by atoms with Crippen molar-refractivity contribution in [2.45, 2.75) is 39.4 Å². The summed E-state index contributed by atoms with van der Waals surface area (Å²) in [6.45, 7) is 5.96. The van der Waals surface area contributed by atoms with Crippen LogP contribution in [0.1, 0.15) is 39.2 Å². The minimum atomic E-state index is -1.21. The molecule has 1 aromatic carbocycles. The molecule has 0 spiro atoms. The summed E-state index contributed by atoms with van der Waals surface area (Å²) in [6, 6.07) is 9.98. The molecule has 128 valence electrons. The summed E-state index contributed by atoms with van der Waals surface area (Å²) in [5, 5.41) is 0. The topological polar surface area (TPSA) is 52.6 Å². The molecule has 0 aliphatic heterocycles. The van der Waals surface area contributed by atoms with E-state index in [4.69, 9.17) is 9.47 Å². The lowest BCUT2D eigenvalue weighted by Crippen LogP contribution is -2.44. The van der Waals surface area contributed by atoms with E-state index >= 15 is 0 Å². The highest BCUT2D eigenvalue weighted by Crippen LogP contribution is 2.33. The zero-order chi connectivity index (χ0) is 17.1. The van der Waals surface area contributed by atoms with Gasteiger partial charge in [-0.1, -0.05) is 43.7 Å². The Labute approximate surface area is 142 Å². The average molecular weight is 338 g/mol. The first-order valence-corrected chi connectivity index (χ1v) is 9.22. The molecule has 0 aliphatic rings. The normalized spacial score (nSPS) is 11.1. The Morgan fingerprint density at radius 2 is 1.57 bits per heavy atom. The van der Waals surface area contributed by atoms with E-state index in [1.54, 1.807) is 25.6 Å². The van der Waals surface area contributed by atoms with E-state index in [0.29, 0.717) is 18.6 Å². The Bertz CT molecular complexity index is 469. The van der Waals surface area contributed by atoms with E-state index < -0.39 is 17.4 Å². The summed E-state index contributed by atoms with van der Waals surface area (Å²) in [7, 11) is 0. The molecule has 0 unspecified atom stereocenters. The molecule has 0 N–H and O–H groups in total. The van der Waals surface area contributed by atoms with E-state index in [9.17, 15) is 9.59 Å². The van der Waals surface area contributed by atoms with Crippen LogP contribution in [-0.4, -0.2) is 30.9 Å². The van der Waals surface area contributed by atoms with Crippen molar-refractivity contribution in [3.05, 3.63) is 35.9 Å². The van der Waals surface area contributed by atoms with Gasteiger partial charge in [0.1, 0.15) is 0 Å². The SMILES string of the molecule is CCCC(CSCc1ccccc1)(C(=O)OCC)C(=O)OCC. The molecule has 0 radical (unpaired) electrons. The van der Waals surface area contributed by atoms with Crippen LogP contribution in [0.3, 0.4) is 0 Å². The number of thioether (sulfide) groups is 1. The van der Waals surface area contributed by atoms with Crippen LogP contribution in [0.25, 0.3) is 0 Å². The van der Waals surface area contributed by atoms with Crippen molar-refractivity contribution in [3.8, 4) is 0 Å². The first-order chi connectivity index (χ1) is 11.1. The van der Waals surface area contributed by atoms with Gasteiger partial charge in [-0.05, 0) is 25.8 Å². The van der Waals surface area contributed by atoms with E-state index in [1.165, 1.54) is 0 Å². The van der Waals surface area contributed by atoms with Gasteiger partial charge >= 0.3 is 11.9 Å². The summed E-state index contributed by atoms with van der Waals surface area (Å²) < 4.78 is 10.4. The molecule has 23 heavy (non-hydrogen) atoms. The van der Waals surface area contributed by atoms with Crippen LogP contribution in [0.5, 0.6) is 0 Å². The molecule has 0 saturated carbocycles. The number of hydrogen-bond acceptors (Lipinski definition) is 5. The van der Waals surface area contributed by atoms with Gasteiger partial charge in [0.05, 0.1) is 13.2 Å². The number of rotatable bonds is 10. The van der Waals surface area contributed by atoms with Crippen molar-refractivity contribution < 1.29 is 19.1 Å². The molecular weight excluding hydrogens is 312 g/mol. The fourth-order valence-electron chi connectivity index (χ4n) is 2.36. The number of ether oxygens (including phenoxy) is 2. The van der Waals surface area contributed by atoms with E-state index in [0.717, 1.165) is 11.3 Å². The Balaban J connectivity index is 2.87. The van der Waals surface area contributed by atoms with Gasteiger partial charge in [-0.3, -0.25) is 9.59 Å². The minimum Gasteiger partial charge on any atom is -0.465 e. The molecule has 1 rings (SSSR count). The molecule has 0 saturated heterocycles. The predicted octanol–water partition coefficient (Wildman–Crippen LogP) is 3.83. The number of carbonyl (C=O) groups excluding carboxylic acids is 2. The fourth-order valence-corrected chi connectivity index (χ4v) is 3.62. The van der Waals surface area contributed by atoms with Gasteiger partial charge in [0.25, 0.3) is 0 Å². The molecule has 0 heterocycles. The summed E-state index contributed by atoms with van der Waals surface area (Å²) in [4.78, 5) is 25.0. The monoisotopic (exact) mass is 338 g/mol. The lowest BCUT2D eigenvalue weighted by molar-refractivity contribution is -0.170. The Hall–Kier alpha value is -1.49. The van der Waals surface area contributed by atoms with E-state index in [-0.39, 0.29) is 13.2 Å². The van der Waals surface area contributed by atoms with E-state index in [2.05, 4.69) is 0 Å². The van der Waals surface area contributed by atoms with Crippen LogP contribution in [0.2, 0.25) is 0 Å². The maximum absolute atomic E-state index is 12.5. The average Bonchev–Trinajstić information content (AvgIpc) is 2.55. The number of esters is 2. The largest absolute Gasteiger partial charge is 0.465 e. The first kappa shape index (κ1) is 19.6. The second-order valence-electron chi connectivity index (χ2n) is 5.25. The summed E-state index contributed by atoms with van der Waals surface area (Å²) in [6.07, 6.45) is 1.15. The van der Waals surface area contributed by atoms with Crippen molar-refractivity contribution >= 4 is 23.7 Å². The number of carbonyl (C=O) groups is 2. The maximum Gasteiger partial charge on any atom is 0.324 e. The van der Waals surface area contributed by atoms with Crippen LogP contribution in [-0.2, 0) is 24.8 Å². The molecule has 5 heteroatoms. The lowest BCUT2D eigenvalue weighted by Gasteiger charge is -2.28.